The summed E-state index contributed by atoms with van der Waals surface area (Å²) >= 11 is 0. The van der Waals surface area contributed by atoms with Crippen LogP contribution in [0.2, 0.25) is 0 Å². The molecule has 3 nitrogen and oxygen atoms in total. The van der Waals surface area contributed by atoms with Crippen molar-refractivity contribution in [3.63, 3.8) is 0 Å². The van der Waals surface area contributed by atoms with Crippen molar-refractivity contribution in [1.82, 2.24) is 10.2 Å². The molecule has 0 spiro atoms. The van der Waals surface area contributed by atoms with Gasteiger partial charge in [-0.3, -0.25) is 4.90 Å². The SMILES string of the molecule is Cl.Cl.O[C@@H]1C[C@H]2CNCCN2C1. The number of nitrogens with one attached hydrogen (secondary N) is 1. The van der Waals surface area contributed by atoms with Crippen LogP contribution < -0.4 is 5.32 Å². The van der Waals surface area contributed by atoms with E-state index in [0.29, 0.717) is 6.04 Å². The van der Waals surface area contributed by atoms with Gasteiger partial charge in [-0.05, 0) is 6.42 Å². The lowest BCUT2D eigenvalue weighted by atomic mass is 10.2. The van der Waals surface area contributed by atoms with E-state index in [1.807, 2.05) is 0 Å². The molecule has 0 amide bonds. The highest BCUT2D eigenvalue weighted by Crippen LogP contribution is 2.18. The first kappa shape index (κ1) is 12.5. The van der Waals surface area contributed by atoms with Gasteiger partial charge < -0.3 is 10.4 Å². The van der Waals surface area contributed by atoms with Gasteiger partial charge in [-0.15, -0.1) is 24.8 Å². The van der Waals surface area contributed by atoms with Crippen molar-refractivity contribution in [3.05, 3.63) is 0 Å². The second kappa shape index (κ2) is 5.25. The Balaban J connectivity index is 0.000000605. The third-order valence-electron chi connectivity index (χ3n) is 2.46. The van der Waals surface area contributed by atoms with Crippen LogP contribution in [0.4, 0.5) is 0 Å². The number of hydrogen-bond acceptors (Lipinski definition) is 3. The van der Waals surface area contributed by atoms with Gasteiger partial charge in [-0.2, -0.15) is 0 Å². The Kier molecular flexibility index (Phi) is 5.45. The van der Waals surface area contributed by atoms with E-state index in [0.717, 1.165) is 32.6 Å². The van der Waals surface area contributed by atoms with Crippen LogP contribution in [0.5, 0.6) is 0 Å². The Hall–Kier alpha value is 0.460. The van der Waals surface area contributed by atoms with Gasteiger partial charge in [0.1, 0.15) is 0 Å². The molecule has 74 valence electrons. The molecule has 2 aliphatic rings. The van der Waals surface area contributed by atoms with Gasteiger partial charge in [0.15, 0.2) is 0 Å². The minimum atomic E-state index is -0.0649. The van der Waals surface area contributed by atoms with Crippen LogP contribution in [-0.2, 0) is 0 Å². The minimum Gasteiger partial charge on any atom is -0.392 e. The molecule has 2 rings (SSSR count). The zero-order chi connectivity index (χ0) is 6.97. The predicted octanol–water partition coefficient (Wildman–Crippen LogP) is -0.132. The Labute approximate surface area is 85.3 Å². The number of fused-ring (bicyclic) bond motifs is 1. The maximum atomic E-state index is 9.29. The second-order valence-electron chi connectivity index (χ2n) is 3.24. The summed E-state index contributed by atoms with van der Waals surface area (Å²) in [6, 6.07) is 0.615. The fourth-order valence-electron chi connectivity index (χ4n) is 1.94. The molecule has 0 aromatic rings. The van der Waals surface area contributed by atoms with Crippen molar-refractivity contribution in [2.75, 3.05) is 26.2 Å². The molecular weight excluding hydrogens is 199 g/mol. The molecule has 2 N–H and O–H groups in total. The summed E-state index contributed by atoms with van der Waals surface area (Å²) in [4.78, 5) is 2.38. The lowest BCUT2D eigenvalue weighted by molar-refractivity contribution is 0.170. The molecular formula is C7H16Cl2N2O. The minimum absolute atomic E-state index is 0. The summed E-state index contributed by atoms with van der Waals surface area (Å²) in [5, 5.41) is 12.6. The monoisotopic (exact) mass is 214 g/mol. The van der Waals surface area contributed by atoms with E-state index in [1.165, 1.54) is 0 Å². The summed E-state index contributed by atoms with van der Waals surface area (Å²) in [5.41, 5.74) is 0. The average molecular weight is 215 g/mol. The van der Waals surface area contributed by atoms with Gasteiger partial charge in [0, 0.05) is 32.2 Å². The van der Waals surface area contributed by atoms with Gasteiger partial charge in [0.25, 0.3) is 0 Å². The maximum Gasteiger partial charge on any atom is 0.0682 e. The molecule has 0 saturated carbocycles. The predicted molar refractivity (Wildman–Crippen MR) is 53.4 cm³/mol. The first-order valence-corrected chi connectivity index (χ1v) is 3.99. The Morgan fingerprint density at radius 3 is 2.75 bits per heavy atom. The van der Waals surface area contributed by atoms with Crippen molar-refractivity contribution in [2.24, 2.45) is 0 Å². The van der Waals surface area contributed by atoms with E-state index < -0.39 is 0 Å². The first-order chi connectivity index (χ1) is 4.86. The Morgan fingerprint density at radius 2 is 2.08 bits per heavy atom. The molecule has 2 fully saturated rings. The summed E-state index contributed by atoms with van der Waals surface area (Å²) in [7, 11) is 0. The molecule has 12 heavy (non-hydrogen) atoms. The molecule has 0 aromatic carbocycles. The topological polar surface area (TPSA) is 35.5 Å². The van der Waals surface area contributed by atoms with Gasteiger partial charge in [0.05, 0.1) is 6.10 Å². The van der Waals surface area contributed by atoms with E-state index in [4.69, 9.17) is 0 Å². The highest BCUT2D eigenvalue weighted by Gasteiger charge is 2.31. The van der Waals surface area contributed by atoms with E-state index in [1.54, 1.807) is 0 Å². The smallest absolute Gasteiger partial charge is 0.0682 e. The van der Waals surface area contributed by atoms with Gasteiger partial charge in [-0.1, -0.05) is 0 Å². The van der Waals surface area contributed by atoms with E-state index in [9.17, 15) is 5.11 Å². The zero-order valence-electron chi connectivity index (χ0n) is 6.90. The van der Waals surface area contributed by atoms with Crippen LogP contribution in [0.3, 0.4) is 0 Å². The Bertz CT molecular complexity index is 123. The normalized spacial score (nSPS) is 34.8. The quantitative estimate of drug-likeness (QED) is 0.590. The molecule has 0 unspecified atom stereocenters. The molecule has 2 aliphatic heterocycles. The van der Waals surface area contributed by atoms with E-state index >= 15 is 0 Å². The van der Waals surface area contributed by atoms with Crippen molar-refractivity contribution in [2.45, 2.75) is 18.6 Å². The van der Waals surface area contributed by atoms with Crippen molar-refractivity contribution < 1.29 is 5.11 Å². The highest BCUT2D eigenvalue weighted by molar-refractivity contribution is 5.85. The summed E-state index contributed by atoms with van der Waals surface area (Å²) in [5.74, 6) is 0. The largest absolute Gasteiger partial charge is 0.392 e. The number of aliphatic hydroxyl groups is 1. The molecule has 2 saturated heterocycles. The number of halogens is 2. The highest BCUT2D eigenvalue weighted by atomic mass is 35.5. The fourth-order valence-corrected chi connectivity index (χ4v) is 1.94. The third kappa shape index (κ3) is 2.47. The fraction of sp³-hybridized carbons (Fsp3) is 1.00. The van der Waals surface area contributed by atoms with E-state index in [2.05, 4.69) is 10.2 Å². The third-order valence-corrected chi connectivity index (χ3v) is 2.46. The van der Waals surface area contributed by atoms with Gasteiger partial charge in [0.2, 0.25) is 0 Å². The number of piperazine rings is 1. The van der Waals surface area contributed by atoms with E-state index in [-0.39, 0.29) is 30.9 Å². The van der Waals surface area contributed by atoms with Crippen molar-refractivity contribution >= 4 is 24.8 Å². The molecule has 0 aliphatic carbocycles. The number of rotatable bonds is 0. The molecule has 2 atom stereocenters. The standard InChI is InChI=1S/C7H14N2O.2ClH/c10-7-3-6-4-8-1-2-9(6)5-7;;/h6-8,10H,1-5H2;2*1H/t6-,7+;;/m0../s1. The summed E-state index contributed by atoms with van der Waals surface area (Å²) in [6.45, 7) is 4.16. The van der Waals surface area contributed by atoms with Crippen LogP contribution in [0, 0.1) is 0 Å². The van der Waals surface area contributed by atoms with Crippen LogP contribution in [0.15, 0.2) is 0 Å². The lowest BCUT2D eigenvalue weighted by Crippen LogP contribution is -2.47. The van der Waals surface area contributed by atoms with Gasteiger partial charge >= 0.3 is 0 Å². The van der Waals surface area contributed by atoms with Gasteiger partial charge in [-0.25, -0.2) is 0 Å². The number of nitrogens with zero attached hydrogens (tertiary/aromatic N) is 1. The maximum absolute atomic E-state index is 9.29. The van der Waals surface area contributed by atoms with Crippen molar-refractivity contribution in [3.8, 4) is 0 Å². The van der Waals surface area contributed by atoms with Crippen LogP contribution >= 0.6 is 24.8 Å². The molecule has 5 heteroatoms. The second-order valence-corrected chi connectivity index (χ2v) is 3.24. The Morgan fingerprint density at radius 1 is 1.33 bits per heavy atom. The van der Waals surface area contributed by atoms with Crippen LogP contribution in [-0.4, -0.2) is 48.3 Å². The van der Waals surface area contributed by atoms with Crippen LogP contribution in [0.1, 0.15) is 6.42 Å². The average Bonchev–Trinajstić information content (AvgIpc) is 2.27. The summed E-state index contributed by atoms with van der Waals surface area (Å²) < 4.78 is 0. The van der Waals surface area contributed by atoms with Crippen molar-refractivity contribution in [1.29, 1.82) is 0 Å². The number of hydrogen-bond donors (Lipinski definition) is 2. The zero-order valence-corrected chi connectivity index (χ0v) is 8.53. The molecule has 0 radical (unpaired) electrons. The summed E-state index contributed by atoms with van der Waals surface area (Å²) in [6.07, 6.45) is 0.900. The molecule has 0 aromatic heterocycles. The molecule has 2 heterocycles. The lowest BCUT2D eigenvalue weighted by Gasteiger charge is -2.29. The first-order valence-electron chi connectivity index (χ1n) is 3.99. The van der Waals surface area contributed by atoms with Crippen LogP contribution in [0.25, 0.3) is 0 Å². The molecule has 0 bridgehead atoms. The number of aliphatic hydroxyl groups excluding tert-OH is 1.